The van der Waals surface area contributed by atoms with Gasteiger partial charge in [0.1, 0.15) is 19.0 Å². The SMILES string of the molecule is C=C1[C@@H](OC(C)=O)C(n2cnc3c(NC(=O)c4ccccc4)ncnc32)O[C@@H]1COC(=O)c1ccccc1. The van der Waals surface area contributed by atoms with Gasteiger partial charge >= 0.3 is 11.9 Å². The highest BCUT2D eigenvalue weighted by Gasteiger charge is 2.43. The molecule has 0 bridgehead atoms. The number of hydrogen-bond donors (Lipinski definition) is 1. The lowest BCUT2D eigenvalue weighted by Gasteiger charge is -2.20. The largest absolute Gasteiger partial charge is 0.459 e. The molecule has 3 atom stereocenters. The molecule has 11 nitrogen and oxygen atoms in total. The van der Waals surface area contributed by atoms with E-state index >= 15 is 0 Å². The number of amides is 1. The minimum atomic E-state index is -0.900. The summed E-state index contributed by atoms with van der Waals surface area (Å²) in [6.07, 6.45) is 0.176. The van der Waals surface area contributed by atoms with Gasteiger partial charge in [0, 0.05) is 12.5 Å². The van der Waals surface area contributed by atoms with Gasteiger partial charge in [-0.25, -0.2) is 19.7 Å². The van der Waals surface area contributed by atoms with Crippen molar-refractivity contribution in [2.75, 3.05) is 11.9 Å². The van der Waals surface area contributed by atoms with Crippen LogP contribution in [0.3, 0.4) is 0 Å². The van der Waals surface area contributed by atoms with Crippen LogP contribution in [0.2, 0.25) is 0 Å². The summed E-state index contributed by atoms with van der Waals surface area (Å²) in [4.78, 5) is 49.8. The molecule has 0 saturated carbocycles. The first-order valence-corrected chi connectivity index (χ1v) is 11.7. The summed E-state index contributed by atoms with van der Waals surface area (Å²) in [5.41, 5.74) is 1.91. The number of esters is 2. The van der Waals surface area contributed by atoms with E-state index in [1.165, 1.54) is 19.6 Å². The van der Waals surface area contributed by atoms with Gasteiger partial charge in [-0.1, -0.05) is 43.0 Å². The number of nitrogens with one attached hydrogen (secondary N) is 1. The van der Waals surface area contributed by atoms with Gasteiger partial charge in [-0.15, -0.1) is 0 Å². The Morgan fingerprint density at radius 1 is 1.00 bits per heavy atom. The van der Waals surface area contributed by atoms with Gasteiger partial charge in [-0.2, -0.15) is 0 Å². The van der Waals surface area contributed by atoms with E-state index in [-0.39, 0.29) is 18.3 Å². The highest BCUT2D eigenvalue weighted by Crippen LogP contribution is 2.37. The summed E-state index contributed by atoms with van der Waals surface area (Å²) in [5.74, 6) is -1.21. The molecule has 0 spiro atoms. The molecule has 5 rings (SSSR count). The predicted molar refractivity (Wildman–Crippen MR) is 135 cm³/mol. The first kappa shape index (κ1) is 24.8. The lowest BCUT2D eigenvalue weighted by molar-refractivity contribution is -0.151. The predicted octanol–water partition coefficient (Wildman–Crippen LogP) is 3.32. The quantitative estimate of drug-likeness (QED) is 0.292. The summed E-state index contributed by atoms with van der Waals surface area (Å²) in [5, 5.41) is 2.75. The number of hydrogen-bond acceptors (Lipinski definition) is 9. The minimum absolute atomic E-state index is 0.138. The molecule has 1 N–H and O–H groups in total. The van der Waals surface area contributed by atoms with E-state index in [1.807, 2.05) is 6.07 Å². The number of carbonyl (C=O) groups is 3. The normalized spacial score (nSPS) is 18.8. The van der Waals surface area contributed by atoms with Gasteiger partial charge in [-0.3, -0.25) is 14.2 Å². The van der Waals surface area contributed by atoms with Crippen LogP contribution in [0.1, 0.15) is 33.9 Å². The number of benzene rings is 2. The van der Waals surface area contributed by atoms with Crippen LogP contribution >= 0.6 is 0 Å². The zero-order chi connectivity index (χ0) is 26.6. The maximum Gasteiger partial charge on any atom is 0.338 e. The van der Waals surface area contributed by atoms with E-state index in [9.17, 15) is 14.4 Å². The van der Waals surface area contributed by atoms with Crippen molar-refractivity contribution in [2.24, 2.45) is 0 Å². The smallest absolute Gasteiger partial charge is 0.338 e. The number of anilines is 1. The maximum atomic E-state index is 12.7. The van der Waals surface area contributed by atoms with E-state index < -0.39 is 30.4 Å². The van der Waals surface area contributed by atoms with E-state index in [0.29, 0.717) is 27.9 Å². The molecule has 38 heavy (non-hydrogen) atoms. The summed E-state index contributed by atoms with van der Waals surface area (Å²) < 4.78 is 18.6. The van der Waals surface area contributed by atoms with Crippen molar-refractivity contribution < 1.29 is 28.6 Å². The molecule has 192 valence electrons. The zero-order valence-electron chi connectivity index (χ0n) is 20.3. The molecular weight excluding hydrogens is 490 g/mol. The molecule has 1 fully saturated rings. The Morgan fingerprint density at radius 3 is 2.37 bits per heavy atom. The second kappa shape index (κ2) is 10.6. The summed E-state index contributed by atoms with van der Waals surface area (Å²) >= 11 is 0. The van der Waals surface area contributed by atoms with E-state index in [2.05, 4.69) is 26.8 Å². The van der Waals surface area contributed by atoms with Gasteiger partial charge in [0.2, 0.25) is 0 Å². The third-order valence-corrected chi connectivity index (χ3v) is 5.91. The van der Waals surface area contributed by atoms with Gasteiger partial charge in [0.15, 0.2) is 29.3 Å². The number of nitrogens with zero attached hydrogens (tertiary/aromatic N) is 4. The fourth-order valence-corrected chi connectivity index (χ4v) is 4.07. The van der Waals surface area contributed by atoms with Crippen LogP contribution < -0.4 is 5.32 Å². The Bertz CT molecular complexity index is 1500. The molecule has 1 amide bonds. The van der Waals surface area contributed by atoms with Crippen molar-refractivity contribution in [1.82, 2.24) is 19.5 Å². The molecule has 11 heteroatoms. The van der Waals surface area contributed by atoms with Gasteiger partial charge in [0.05, 0.1) is 11.9 Å². The molecular formula is C27H23N5O6. The second-order valence-corrected chi connectivity index (χ2v) is 8.45. The molecule has 2 aromatic heterocycles. The van der Waals surface area contributed by atoms with Crippen molar-refractivity contribution in [3.63, 3.8) is 0 Å². The number of carbonyl (C=O) groups excluding carboxylic acids is 3. The number of aromatic nitrogens is 4. The Hall–Kier alpha value is -4.90. The highest BCUT2D eigenvalue weighted by molar-refractivity contribution is 6.06. The molecule has 0 aliphatic carbocycles. The Balaban J connectivity index is 1.39. The molecule has 2 aromatic carbocycles. The molecule has 4 aromatic rings. The Morgan fingerprint density at radius 2 is 1.68 bits per heavy atom. The van der Waals surface area contributed by atoms with E-state index in [0.717, 1.165) is 0 Å². The van der Waals surface area contributed by atoms with Gasteiger partial charge in [0.25, 0.3) is 5.91 Å². The third-order valence-electron chi connectivity index (χ3n) is 5.91. The molecule has 0 radical (unpaired) electrons. The van der Waals surface area contributed by atoms with Gasteiger partial charge in [-0.05, 0) is 29.8 Å². The van der Waals surface area contributed by atoms with Crippen molar-refractivity contribution >= 4 is 34.8 Å². The zero-order valence-corrected chi connectivity index (χ0v) is 20.3. The second-order valence-electron chi connectivity index (χ2n) is 8.45. The third kappa shape index (κ3) is 5.00. The van der Waals surface area contributed by atoms with Crippen molar-refractivity contribution in [3.8, 4) is 0 Å². The lowest BCUT2D eigenvalue weighted by Crippen LogP contribution is -2.25. The molecule has 1 unspecified atom stereocenters. The summed E-state index contributed by atoms with van der Waals surface area (Å²) in [7, 11) is 0. The average molecular weight is 514 g/mol. The van der Waals surface area contributed by atoms with Crippen LogP contribution in [0.15, 0.2) is 85.5 Å². The van der Waals surface area contributed by atoms with Crippen LogP contribution in [0.4, 0.5) is 5.82 Å². The number of imidazole rings is 1. The first-order valence-electron chi connectivity index (χ1n) is 11.7. The summed E-state index contributed by atoms with van der Waals surface area (Å²) in [6.45, 7) is 5.17. The standard InChI is InChI=1S/C27H23N5O6/c1-16-20(13-36-27(35)19-11-7-4-8-12-19)38-26(22(16)37-17(2)33)32-15-30-21-23(28-14-29-24(21)32)31-25(34)18-9-5-3-6-10-18/h3-12,14-15,20,22,26H,1,13H2,2H3,(H,28,29,31,34)/t20-,22-,26?/m1/s1. The minimum Gasteiger partial charge on any atom is -0.459 e. The van der Waals surface area contributed by atoms with Crippen molar-refractivity contribution in [3.05, 3.63) is 96.6 Å². The lowest BCUT2D eigenvalue weighted by atomic mass is 10.1. The maximum absolute atomic E-state index is 12.7. The molecule has 1 aliphatic heterocycles. The molecule has 3 heterocycles. The number of fused-ring (bicyclic) bond motifs is 1. The van der Waals surface area contributed by atoms with Gasteiger partial charge < -0.3 is 19.5 Å². The Kier molecular flexibility index (Phi) is 6.92. The van der Waals surface area contributed by atoms with E-state index in [4.69, 9.17) is 14.2 Å². The van der Waals surface area contributed by atoms with Crippen LogP contribution in [0.25, 0.3) is 11.2 Å². The topological polar surface area (TPSA) is 135 Å². The monoisotopic (exact) mass is 513 g/mol. The Labute approximate surface area is 217 Å². The molecule has 1 aliphatic rings. The number of rotatable bonds is 7. The first-order chi connectivity index (χ1) is 18.4. The van der Waals surface area contributed by atoms with Crippen LogP contribution in [0.5, 0.6) is 0 Å². The van der Waals surface area contributed by atoms with Crippen LogP contribution in [-0.2, 0) is 19.0 Å². The van der Waals surface area contributed by atoms with Crippen LogP contribution in [-0.4, -0.2) is 56.2 Å². The fourth-order valence-electron chi connectivity index (χ4n) is 4.07. The average Bonchev–Trinajstić information content (AvgIpc) is 3.49. The van der Waals surface area contributed by atoms with Crippen molar-refractivity contribution in [1.29, 1.82) is 0 Å². The summed E-state index contributed by atoms with van der Waals surface area (Å²) in [6, 6.07) is 17.2. The van der Waals surface area contributed by atoms with Crippen molar-refractivity contribution in [2.45, 2.75) is 25.4 Å². The fraction of sp³-hybridized carbons (Fsp3) is 0.185. The number of ether oxygens (including phenoxy) is 3. The van der Waals surface area contributed by atoms with E-state index in [1.54, 1.807) is 59.2 Å². The van der Waals surface area contributed by atoms with Crippen LogP contribution in [0, 0.1) is 0 Å². The molecule has 1 saturated heterocycles. The highest BCUT2D eigenvalue weighted by atomic mass is 16.6.